The van der Waals surface area contributed by atoms with E-state index in [1.165, 1.54) is 0 Å². The molecule has 2 aromatic rings. The lowest BCUT2D eigenvalue weighted by Crippen LogP contribution is -2.36. The second kappa shape index (κ2) is 8.83. The first-order chi connectivity index (χ1) is 12.0. The van der Waals surface area contributed by atoms with E-state index in [0.29, 0.717) is 5.56 Å². The van der Waals surface area contributed by atoms with Gasteiger partial charge in [0.05, 0.1) is 11.6 Å². The molecule has 6 nitrogen and oxygen atoms in total. The Bertz CT molecular complexity index is 756. The highest BCUT2D eigenvalue weighted by Crippen LogP contribution is 2.22. The second-order valence-electron chi connectivity index (χ2n) is 5.66. The Morgan fingerprint density at radius 3 is 2.64 bits per heavy atom. The van der Waals surface area contributed by atoms with Crippen molar-refractivity contribution in [3.63, 3.8) is 0 Å². The van der Waals surface area contributed by atoms with Crippen LogP contribution in [0.25, 0.3) is 0 Å². The van der Waals surface area contributed by atoms with E-state index in [9.17, 15) is 15.0 Å². The van der Waals surface area contributed by atoms with Crippen LogP contribution in [0.15, 0.2) is 48.5 Å². The summed E-state index contributed by atoms with van der Waals surface area (Å²) in [7, 11) is 0. The first-order valence-corrected chi connectivity index (χ1v) is 7.82. The largest absolute Gasteiger partial charge is 0.445 e. The fourth-order valence-electron chi connectivity index (χ4n) is 2.31. The zero-order valence-electron chi connectivity index (χ0n) is 13.8. The van der Waals surface area contributed by atoms with Crippen molar-refractivity contribution in [3.8, 4) is 6.07 Å². The molecule has 0 aliphatic rings. The summed E-state index contributed by atoms with van der Waals surface area (Å²) < 4.78 is 5.03. The molecule has 0 bridgehead atoms. The van der Waals surface area contributed by atoms with E-state index in [2.05, 4.69) is 5.32 Å². The summed E-state index contributed by atoms with van der Waals surface area (Å²) in [5.74, 6) is 0. The number of carbonyl (C=O) groups is 1. The second-order valence-corrected chi connectivity index (χ2v) is 5.66. The van der Waals surface area contributed by atoms with Crippen molar-refractivity contribution in [2.24, 2.45) is 0 Å². The Balaban J connectivity index is 1.87. The van der Waals surface area contributed by atoms with Gasteiger partial charge in [0.2, 0.25) is 0 Å². The van der Waals surface area contributed by atoms with Gasteiger partial charge in [-0.25, -0.2) is 4.79 Å². The van der Waals surface area contributed by atoms with Gasteiger partial charge in [-0.2, -0.15) is 5.26 Å². The highest BCUT2D eigenvalue weighted by Gasteiger charge is 2.22. The average Bonchev–Trinajstić information content (AvgIpc) is 2.64. The number of hydrogen-bond donors (Lipinski definition) is 3. The monoisotopic (exact) mass is 340 g/mol. The third-order valence-electron chi connectivity index (χ3n) is 3.68. The molecule has 25 heavy (non-hydrogen) atoms. The average molecular weight is 340 g/mol. The van der Waals surface area contributed by atoms with Crippen molar-refractivity contribution < 1.29 is 19.7 Å². The molecule has 0 aliphatic carbocycles. The van der Waals surface area contributed by atoms with Crippen LogP contribution in [0.1, 0.15) is 28.4 Å². The van der Waals surface area contributed by atoms with Gasteiger partial charge in [-0.3, -0.25) is 0 Å². The topological polar surface area (TPSA) is 103 Å². The summed E-state index contributed by atoms with van der Waals surface area (Å²) in [6.07, 6.45) is -3.25. The molecule has 0 aliphatic heterocycles. The van der Waals surface area contributed by atoms with Gasteiger partial charge in [0.15, 0.2) is 0 Å². The molecule has 2 atom stereocenters. The van der Waals surface area contributed by atoms with Crippen LogP contribution in [0, 0.1) is 18.3 Å². The molecule has 0 heterocycles. The zero-order chi connectivity index (χ0) is 18.2. The van der Waals surface area contributed by atoms with E-state index in [1.54, 1.807) is 18.2 Å². The number of hydrogen-bond acceptors (Lipinski definition) is 5. The molecular weight excluding hydrogens is 320 g/mol. The Morgan fingerprint density at radius 1 is 1.24 bits per heavy atom. The van der Waals surface area contributed by atoms with Crippen molar-refractivity contribution in [2.45, 2.75) is 25.7 Å². The Kier molecular flexibility index (Phi) is 6.52. The number of aliphatic hydroxyl groups excluding tert-OH is 2. The maximum absolute atomic E-state index is 11.7. The summed E-state index contributed by atoms with van der Waals surface area (Å²) in [4.78, 5) is 11.7. The van der Waals surface area contributed by atoms with Gasteiger partial charge in [0.25, 0.3) is 0 Å². The number of nitriles is 1. The standard InChI is InChI=1S/C19H20N2O4/c1-13-7-8-15(10-20)16(9-13)18(23)17(22)11-21-19(24)25-12-14-5-3-2-4-6-14/h2-9,17-18,22-23H,11-12H2,1H3,(H,21,24). The Morgan fingerprint density at radius 2 is 1.96 bits per heavy atom. The first kappa shape index (κ1) is 18.5. The summed E-state index contributed by atoms with van der Waals surface area (Å²) in [6, 6.07) is 16.1. The van der Waals surface area contributed by atoms with Gasteiger partial charge in [0, 0.05) is 12.1 Å². The third kappa shape index (κ3) is 5.31. The molecule has 0 saturated heterocycles. The predicted molar refractivity (Wildman–Crippen MR) is 91.5 cm³/mol. The number of nitrogens with zero attached hydrogens (tertiary/aromatic N) is 1. The normalized spacial score (nSPS) is 12.7. The van der Waals surface area contributed by atoms with Crippen molar-refractivity contribution >= 4 is 6.09 Å². The highest BCUT2D eigenvalue weighted by atomic mass is 16.5. The van der Waals surface area contributed by atoms with Gasteiger partial charge in [0.1, 0.15) is 18.8 Å². The van der Waals surface area contributed by atoms with Gasteiger partial charge < -0.3 is 20.3 Å². The molecule has 1 amide bonds. The van der Waals surface area contributed by atoms with Crippen LogP contribution in [-0.4, -0.2) is 29.0 Å². The van der Waals surface area contributed by atoms with Crippen LogP contribution in [0.5, 0.6) is 0 Å². The predicted octanol–water partition coefficient (Wildman–Crippen LogP) is 2.19. The molecule has 2 rings (SSSR count). The molecule has 0 aromatic heterocycles. The maximum Gasteiger partial charge on any atom is 0.407 e. The van der Waals surface area contributed by atoms with Crippen LogP contribution in [-0.2, 0) is 11.3 Å². The molecule has 0 spiro atoms. The fourth-order valence-corrected chi connectivity index (χ4v) is 2.31. The van der Waals surface area contributed by atoms with Crippen LogP contribution < -0.4 is 5.32 Å². The van der Waals surface area contributed by atoms with E-state index in [4.69, 9.17) is 10.00 Å². The maximum atomic E-state index is 11.7. The number of nitrogens with one attached hydrogen (secondary N) is 1. The highest BCUT2D eigenvalue weighted by molar-refractivity contribution is 5.67. The molecule has 0 radical (unpaired) electrons. The molecule has 6 heteroatoms. The third-order valence-corrected chi connectivity index (χ3v) is 3.68. The minimum atomic E-state index is -1.29. The SMILES string of the molecule is Cc1ccc(C#N)c(C(O)C(O)CNC(=O)OCc2ccccc2)c1. The van der Waals surface area contributed by atoms with E-state index >= 15 is 0 Å². The molecular formula is C19H20N2O4. The summed E-state index contributed by atoms with van der Waals surface area (Å²) >= 11 is 0. The number of alkyl carbamates (subject to hydrolysis) is 1. The Hall–Kier alpha value is -2.88. The van der Waals surface area contributed by atoms with Gasteiger partial charge in [-0.1, -0.05) is 48.0 Å². The molecule has 2 unspecified atom stereocenters. The molecule has 130 valence electrons. The number of aliphatic hydroxyl groups is 2. The van der Waals surface area contributed by atoms with Crippen LogP contribution >= 0.6 is 0 Å². The zero-order valence-corrected chi connectivity index (χ0v) is 13.8. The van der Waals surface area contributed by atoms with Gasteiger partial charge in [-0.15, -0.1) is 0 Å². The van der Waals surface area contributed by atoms with Crippen molar-refractivity contribution in [1.82, 2.24) is 5.32 Å². The number of rotatable bonds is 6. The quantitative estimate of drug-likeness (QED) is 0.748. The number of benzene rings is 2. The molecule has 0 fully saturated rings. The lowest BCUT2D eigenvalue weighted by Gasteiger charge is -2.20. The van der Waals surface area contributed by atoms with E-state index in [0.717, 1.165) is 11.1 Å². The van der Waals surface area contributed by atoms with Crippen molar-refractivity contribution in [2.75, 3.05) is 6.54 Å². The molecule has 0 saturated carbocycles. The van der Waals surface area contributed by atoms with E-state index in [1.807, 2.05) is 43.3 Å². The lowest BCUT2D eigenvalue weighted by molar-refractivity contribution is 0.0182. The number of ether oxygens (including phenoxy) is 1. The lowest BCUT2D eigenvalue weighted by atomic mass is 9.97. The first-order valence-electron chi connectivity index (χ1n) is 7.82. The fraction of sp³-hybridized carbons (Fsp3) is 0.263. The smallest absolute Gasteiger partial charge is 0.407 e. The summed E-state index contributed by atoms with van der Waals surface area (Å²) in [5.41, 5.74) is 2.31. The Labute approximate surface area is 146 Å². The minimum absolute atomic E-state index is 0.113. The molecule has 2 aromatic carbocycles. The van der Waals surface area contributed by atoms with E-state index < -0.39 is 18.3 Å². The molecule has 3 N–H and O–H groups in total. The van der Waals surface area contributed by atoms with Gasteiger partial charge >= 0.3 is 6.09 Å². The van der Waals surface area contributed by atoms with Crippen LogP contribution in [0.4, 0.5) is 4.79 Å². The van der Waals surface area contributed by atoms with Crippen molar-refractivity contribution in [1.29, 1.82) is 5.26 Å². The van der Waals surface area contributed by atoms with Crippen molar-refractivity contribution in [3.05, 3.63) is 70.8 Å². The number of amides is 1. The minimum Gasteiger partial charge on any atom is -0.445 e. The summed E-state index contributed by atoms with van der Waals surface area (Å²) in [5, 5.41) is 31.8. The van der Waals surface area contributed by atoms with Gasteiger partial charge in [-0.05, 0) is 18.6 Å². The number of aryl methyl sites for hydroxylation is 1. The van der Waals surface area contributed by atoms with E-state index in [-0.39, 0.29) is 18.7 Å². The summed E-state index contributed by atoms with van der Waals surface area (Å²) in [6.45, 7) is 1.73. The number of carbonyl (C=O) groups excluding carboxylic acids is 1. The van der Waals surface area contributed by atoms with Crippen LogP contribution in [0.3, 0.4) is 0 Å². The van der Waals surface area contributed by atoms with Crippen LogP contribution in [0.2, 0.25) is 0 Å².